The molecule has 6 nitrogen and oxygen atoms in total. The highest BCUT2D eigenvalue weighted by Gasteiger charge is 2.18. The van der Waals surface area contributed by atoms with Gasteiger partial charge in [0.1, 0.15) is 0 Å². The van der Waals surface area contributed by atoms with Crippen molar-refractivity contribution in [3.63, 3.8) is 0 Å². The maximum Gasteiger partial charge on any atom is 0.297 e. The van der Waals surface area contributed by atoms with E-state index in [-0.39, 0.29) is 5.56 Å². The molecule has 0 amide bonds. The molecule has 0 atom stereocenters. The average molecular weight is 550 g/mol. The summed E-state index contributed by atoms with van der Waals surface area (Å²) in [6.07, 6.45) is 9.23. The van der Waals surface area contributed by atoms with E-state index in [4.69, 9.17) is 4.99 Å². The molecule has 3 aromatic heterocycles. The summed E-state index contributed by atoms with van der Waals surface area (Å²) in [6.45, 7) is 2.67. The number of nitrogens with zero attached hydrogens (tertiary/aromatic N) is 5. The van der Waals surface area contributed by atoms with Crippen LogP contribution >= 0.6 is 11.3 Å². The second kappa shape index (κ2) is 11.6. The minimum Gasteiger partial charge on any atom is -0.316 e. The van der Waals surface area contributed by atoms with Gasteiger partial charge in [0, 0.05) is 37.3 Å². The molecule has 204 valence electrons. The first-order valence-electron chi connectivity index (χ1n) is 14.2. The maximum atomic E-state index is 13.6. The van der Waals surface area contributed by atoms with E-state index >= 15 is 0 Å². The van der Waals surface area contributed by atoms with Crippen molar-refractivity contribution in [1.82, 2.24) is 18.9 Å². The van der Waals surface area contributed by atoms with E-state index in [1.165, 1.54) is 43.2 Å². The highest BCUT2D eigenvalue weighted by molar-refractivity contribution is 7.07. The van der Waals surface area contributed by atoms with Crippen LogP contribution in [0.2, 0.25) is 0 Å². The summed E-state index contributed by atoms with van der Waals surface area (Å²) in [6, 6.07) is 24.9. The van der Waals surface area contributed by atoms with Crippen molar-refractivity contribution in [2.24, 2.45) is 12.0 Å². The standard InChI is InChI=1S/C33H35N5OS/c1-24-31(32(39)38(36(24)2)29-14-7-4-8-15-29)35-33-37(22-20-28-13-9-10-21-34-28)30(23-40-33)27-18-16-26(17-19-27)25-11-5-3-6-12-25/h4,7-10,13-19,21,23,25H,3,5-6,11-12,20,22H2,1-2H3. The highest BCUT2D eigenvalue weighted by atomic mass is 32.1. The van der Waals surface area contributed by atoms with Crippen LogP contribution in [-0.4, -0.2) is 18.9 Å². The van der Waals surface area contributed by atoms with Gasteiger partial charge in [0.25, 0.3) is 5.56 Å². The van der Waals surface area contributed by atoms with Crippen LogP contribution in [0, 0.1) is 6.92 Å². The molecule has 1 aliphatic rings. The summed E-state index contributed by atoms with van der Waals surface area (Å²) < 4.78 is 5.81. The van der Waals surface area contributed by atoms with Crippen LogP contribution in [0.4, 0.5) is 5.69 Å². The molecule has 6 rings (SSSR count). The minimum absolute atomic E-state index is 0.116. The van der Waals surface area contributed by atoms with Crippen LogP contribution in [0.5, 0.6) is 0 Å². The second-order valence-electron chi connectivity index (χ2n) is 10.6. The van der Waals surface area contributed by atoms with Crippen molar-refractivity contribution in [2.75, 3.05) is 0 Å². The zero-order valence-corrected chi connectivity index (χ0v) is 24.0. The molecule has 3 heterocycles. The number of hydrogen-bond acceptors (Lipinski definition) is 4. The van der Waals surface area contributed by atoms with E-state index in [0.29, 0.717) is 11.6 Å². The van der Waals surface area contributed by atoms with Gasteiger partial charge in [0.15, 0.2) is 10.5 Å². The third-order valence-corrected chi connectivity index (χ3v) is 8.99. The van der Waals surface area contributed by atoms with Crippen molar-refractivity contribution >= 4 is 17.0 Å². The van der Waals surface area contributed by atoms with Crippen LogP contribution < -0.4 is 10.4 Å². The number of aryl methyl sites for hydroxylation is 1. The van der Waals surface area contributed by atoms with Crippen molar-refractivity contribution in [2.45, 2.75) is 57.9 Å². The van der Waals surface area contributed by atoms with Crippen molar-refractivity contribution in [3.8, 4) is 16.9 Å². The first-order valence-corrected chi connectivity index (χ1v) is 15.1. The van der Waals surface area contributed by atoms with Crippen molar-refractivity contribution in [3.05, 3.63) is 116 Å². The van der Waals surface area contributed by atoms with Gasteiger partial charge in [-0.15, -0.1) is 11.3 Å². The Bertz CT molecular complexity index is 1700. The molecule has 40 heavy (non-hydrogen) atoms. The molecule has 0 radical (unpaired) electrons. The predicted octanol–water partition coefficient (Wildman–Crippen LogP) is 6.93. The third kappa shape index (κ3) is 5.26. The molecule has 1 aliphatic carbocycles. The number of hydrogen-bond donors (Lipinski definition) is 0. The third-order valence-electron chi connectivity index (χ3n) is 8.13. The molecule has 5 aromatic rings. The van der Waals surface area contributed by atoms with Crippen LogP contribution in [-0.2, 0) is 20.0 Å². The summed E-state index contributed by atoms with van der Waals surface area (Å²) in [4.78, 5) is 24.0. The van der Waals surface area contributed by atoms with Crippen molar-refractivity contribution in [1.29, 1.82) is 0 Å². The van der Waals surface area contributed by atoms with Gasteiger partial charge in [-0.05, 0) is 61.1 Å². The lowest BCUT2D eigenvalue weighted by Gasteiger charge is -2.22. The lowest BCUT2D eigenvalue weighted by Crippen LogP contribution is -2.20. The molecule has 0 N–H and O–H groups in total. The fraction of sp³-hybridized carbons (Fsp3) is 0.303. The van der Waals surface area contributed by atoms with Crippen LogP contribution in [0.25, 0.3) is 16.9 Å². The number of benzene rings is 2. The molecular formula is C33H35N5OS. The molecule has 7 heteroatoms. The molecule has 2 aromatic carbocycles. The molecule has 0 unspecified atom stereocenters. The van der Waals surface area contributed by atoms with Gasteiger partial charge in [-0.1, -0.05) is 67.8 Å². The topological polar surface area (TPSA) is 57.1 Å². The Morgan fingerprint density at radius 3 is 2.42 bits per heavy atom. The molecule has 1 saturated carbocycles. The quantitative estimate of drug-likeness (QED) is 0.221. The summed E-state index contributed by atoms with van der Waals surface area (Å²) in [5.74, 6) is 0.681. The zero-order chi connectivity index (χ0) is 27.5. The van der Waals surface area contributed by atoms with Gasteiger partial charge >= 0.3 is 0 Å². The van der Waals surface area contributed by atoms with E-state index in [9.17, 15) is 4.79 Å². The van der Waals surface area contributed by atoms with Crippen molar-refractivity contribution < 1.29 is 0 Å². The molecular weight excluding hydrogens is 514 g/mol. The van der Waals surface area contributed by atoms with Gasteiger partial charge in [-0.25, -0.2) is 9.67 Å². The fourth-order valence-corrected chi connectivity index (χ4v) is 6.72. The summed E-state index contributed by atoms with van der Waals surface area (Å²) in [5.41, 5.74) is 6.78. The first-order chi connectivity index (χ1) is 19.6. The Labute approximate surface area is 238 Å². The monoisotopic (exact) mass is 549 g/mol. The summed E-state index contributed by atoms with van der Waals surface area (Å²) in [5, 5.41) is 2.17. The van der Waals surface area contributed by atoms with E-state index < -0.39 is 0 Å². The van der Waals surface area contributed by atoms with E-state index in [0.717, 1.165) is 40.5 Å². The number of para-hydroxylation sites is 1. The maximum absolute atomic E-state index is 13.6. The number of pyridine rings is 1. The van der Waals surface area contributed by atoms with E-state index in [2.05, 4.69) is 45.3 Å². The largest absolute Gasteiger partial charge is 0.316 e. The molecule has 0 bridgehead atoms. The highest BCUT2D eigenvalue weighted by Crippen LogP contribution is 2.33. The van der Waals surface area contributed by atoms with Gasteiger partial charge < -0.3 is 4.57 Å². The minimum atomic E-state index is -0.116. The van der Waals surface area contributed by atoms with Crippen LogP contribution in [0.3, 0.4) is 0 Å². The molecule has 0 spiro atoms. The van der Waals surface area contributed by atoms with E-state index in [1.54, 1.807) is 16.0 Å². The Morgan fingerprint density at radius 2 is 1.70 bits per heavy atom. The van der Waals surface area contributed by atoms with Gasteiger partial charge in [0.2, 0.25) is 0 Å². The number of thiazole rings is 1. The van der Waals surface area contributed by atoms with Gasteiger partial charge in [0.05, 0.1) is 17.1 Å². The Kier molecular flexibility index (Phi) is 7.64. The Balaban J connectivity index is 1.41. The van der Waals surface area contributed by atoms with Crippen LogP contribution in [0.15, 0.2) is 94.2 Å². The lowest BCUT2D eigenvalue weighted by atomic mass is 9.84. The molecule has 1 fully saturated rings. The average Bonchev–Trinajstić information content (AvgIpc) is 3.51. The number of rotatable bonds is 7. The summed E-state index contributed by atoms with van der Waals surface area (Å²) in [7, 11) is 1.91. The first kappa shape index (κ1) is 26.3. The number of aromatic nitrogens is 4. The Morgan fingerprint density at radius 1 is 0.950 bits per heavy atom. The fourth-order valence-electron chi connectivity index (χ4n) is 5.78. The van der Waals surface area contributed by atoms with Gasteiger partial charge in [-0.2, -0.15) is 0 Å². The smallest absolute Gasteiger partial charge is 0.297 e. The normalized spacial score (nSPS) is 14.6. The zero-order valence-electron chi connectivity index (χ0n) is 23.2. The predicted molar refractivity (Wildman–Crippen MR) is 162 cm³/mol. The Hall–Kier alpha value is -3.97. The SMILES string of the molecule is Cc1c(N=c2scc(-c3ccc(C4CCCCC4)cc3)n2CCc2ccccn2)c(=O)n(-c2ccccc2)n1C. The molecule has 0 saturated heterocycles. The van der Waals surface area contributed by atoms with Gasteiger partial charge in [-0.3, -0.25) is 14.5 Å². The van der Waals surface area contributed by atoms with Crippen LogP contribution in [0.1, 0.15) is 55.0 Å². The summed E-state index contributed by atoms with van der Waals surface area (Å²) >= 11 is 1.58. The second-order valence-corrected chi connectivity index (χ2v) is 11.4. The lowest BCUT2D eigenvalue weighted by molar-refractivity contribution is 0.443. The van der Waals surface area contributed by atoms with E-state index in [1.807, 2.05) is 67.3 Å². The molecule has 0 aliphatic heterocycles.